The van der Waals surface area contributed by atoms with Gasteiger partial charge in [0.05, 0.1) is 27.0 Å². The van der Waals surface area contributed by atoms with Gasteiger partial charge < -0.3 is 19.1 Å². The van der Waals surface area contributed by atoms with Crippen LogP contribution in [-0.4, -0.2) is 70.7 Å². The van der Waals surface area contributed by atoms with E-state index in [9.17, 15) is 8.42 Å². The molecular formula is C33H31ClN4O6S. The number of nitrogens with zero attached hydrogens (tertiary/aromatic N) is 4. The maximum Gasteiger partial charge on any atom is 0.274 e. The molecule has 0 saturated carbocycles. The minimum absolute atomic E-state index is 0.0562. The summed E-state index contributed by atoms with van der Waals surface area (Å²) in [5, 5.41) is 0.380. The fourth-order valence-corrected chi connectivity index (χ4v) is 9.01. The molecule has 3 aliphatic heterocycles. The second kappa shape index (κ2) is 10.9. The van der Waals surface area contributed by atoms with E-state index in [0.29, 0.717) is 40.7 Å². The number of hydrogen-bond acceptors (Lipinski definition) is 9. The SMILES string of the molecule is COc1ccc(S(=O)(=O)N2C(=O)C(c3ccccc3OC)(N3C[C@H]4C[C@@H]3CN4c3ccncc3)c3cc(Cl)ccc32)c(OC)c1. The minimum atomic E-state index is -4.50. The summed E-state index contributed by atoms with van der Waals surface area (Å²) in [7, 11) is -0.0997. The van der Waals surface area contributed by atoms with E-state index in [-0.39, 0.29) is 28.4 Å². The van der Waals surface area contributed by atoms with Crippen LogP contribution >= 0.6 is 11.6 Å². The minimum Gasteiger partial charge on any atom is -0.497 e. The number of fused-ring (bicyclic) bond motifs is 3. The first-order valence-electron chi connectivity index (χ1n) is 14.4. The topological polar surface area (TPSA) is 102 Å². The van der Waals surface area contributed by atoms with Crippen molar-refractivity contribution in [2.24, 2.45) is 0 Å². The first-order valence-corrected chi connectivity index (χ1v) is 16.3. The van der Waals surface area contributed by atoms with E-state index >= 15 is 4.79 Å². The van der Waals surface area contributed by atoms with E-state index in [2.05, 4.69) is 14.8 Å². The lowest BCUT2D eigenvalue weighted by molar-refractivity contribution is -0.127. The van der Waals surface area contributed by atoms with Gasteiger partial charge in [-0.3, -0.25) is 14.7 Å². The molecule has 4 heterocycles. The molecule has 0 radical (unpaired) electrons. The number of carbonyl (C=O) groups excluding carboxylic acids is 1. The second-order valence-corrected chi connectivity index (χ2v) is 13.4. The highest BCUT2D eigenvalue weighted by molar-refractivity contribution is 7.93. The van der Waals surface area contributed by atoms with Gasteiger partial charge in [-0.1, -0.05) is 29.8 Å². The number of amides is 1. The lowest BCUT2D eigenvalue weighted by Crippen LogP contribution is -2.60. The Morgan fingerprint density at radius 2 is 1.60 bits per heavy atom. The van der Waals surface area contributed by atoms with Gasteiger partial charge in [0.1, 0.15) is 22.1 Å². The van der Waals surface area contributed by atoms with Crippen LogP contribution in [0.4, 0.5) is 11.4 Å². The highest BCUT2D eigenvalue weighted by atomic mass is 35.5. The molecule has 2 saturated heterocycles. The number of methoxy groups -OCH3 is 3. The van der Waals surface area contributed by atoms with Crippen LogP contribution in [0.25, 0.3) is 0 Å². The number of sulfonamides is 1. The number of para-hydroxylation sites is 1. The Hall–Kier alpha value is -4.32. The number of aromatic nitrogens is 1. The zero-order valence-corrected chi connectivity index (χ0v) is 26.5. The van der Waals surface area contributed by atoms with Crippen LogP contribution in [-0.2, 0) is 20.4 Å². The van der Waals surface area contributed by atoms with Crippen LogP contribution in [0.2, 0.25) is 5.02 Å². The maximum absolute atomic E-state index is 15.3. The van der Waals surface area contributed by atoms with E-state index in [1.807, 2.05) is 30.3 Å². The molecule has 1 unspecified atom stereocenters. The van der Waals surface area contributed by atoms with E-state index in [4.69, 9.17) is 25.8 Å². The average molecular weight is 647 g/mol. The third-order valence-corrected chi connectivity index (χ3v) is 11.1. The molecule has 0 spiro atoms. The number of hydrogen-bond donors (Lipinski definition) is 0. The van der Waals surface area contributed by atoms with E-state index in [1.165, 1.54) is 32.4 Å². The smallest absolute Gasteiger partial charge is 0.274 e. The molecule has 1 aromatic heterocycles. The Bertz CT molecular complexity index is 1910. The van der Waals surface area contributed by atoms with Crippen molar-refractivity contribution < 1.29 is 27.4 Å². The lowest BCUT2D eigenvalue weighted by atomic mass is 9.80. The van der Waals surface area contributed by atoms with Crippen molar-refractivity contribution in [3.8, 4) is 17.2 Å². The Morgan fingerprint density at radius 3 is 2.29 bits per heavy atom. The number of pyridine rings is 1. The summed E-state index contributed by atoms with van der Waals surface area (Å²) in [5.74, 6) is 0.304. The summed E-state index contributed by atoms with van der Waals surface area (Å²) in [6, 6.07) is 20.5. The van der Waals surface area contributed by atoms with E-state index < -0.39 is 21.5 Å². The summed E-state index contributed by atoms with van der Waals surface area (Å²) in [5.41, 5.74) is 0.748. The molecule has 232 valence electrons. The van der Waals surface area contributed by atoms with E-state index in [1.54, 1.807) is 43.8 Å². The largest absolute Gasteiger partial charge is 0.497 e. The van der Waals surface area contributed by atoms with Crippen molar-refractivity contribution in [2.75, 3.05) is 43.6 Å². The number of halogens is 1. The monoisotopic (exact) mass is 646 g/mol. The van der Waals surface area contributed by atoms with Crippen molar-refractivity contribution in [3.63, 3.8) is 0 Å². The van der Waals surface area contributed by atoms with Crippen molar-refractivity contribution >= 4 is 38.9 Å². The van der Waals surface area contributed by atoms with Crippen LogP contribution in [0, 0.1) is 0 Å². The van der Waals surface area contributed by atoms with Crippen LogP contribution in [0.3, 0.4) is 0 Å². The van der Waals surface area contributed by atoms with Gasteiger partial charge in [-0.15, -0.1) is 0 Å². The highest BCUT2D eigenvalue weighted by Gasteiger charge is 2.64. The molecule has 3 aliphatic rings. The van der Waals surface area contributed by atoms with Crippen molar-refractivity contribution in [3.05, 3.63) is 101 Å². The second-order valence-electron chi connectivity index (χ2n) is 11.2. The van der Waals surface area contributed by atoms with Crippen LogP contribution < -0.4 is 23.4 Å². The van der Waals surface area contributed by atoms with E-state index in [0.717, 1.165) is 16.4 Å². The van der Waals surface area contributed by atoms with Gasteiger partial charge in [0.15, 0.2) is 5.54 Å². The fourth-order valence-electron chi connectivity index (χ4n) is 7.24. The third kappa shape index (κ3) is 4.28. The van der Waals surface area contributed by atoms with Gasteiger partial charge in [0.25, 0.3) is 15.9 Å². The number of likely N-dealkylation sites (tertiary alicyclic amines) is 1. The Kier molecular flexibility index (Phi) is 7.14. The van der Waals surface area contributed by atoms with Crippen molar-refractivity contribution in [1.82, 2.24) is 9.88 Å². The predicted molar refractivity (Wildman–Crippen MR) is 170 cm³/mol. The summed E-state index contributed by atoms with van der Waals surface area (Å²) in [6.45, 7) is 1.15. The quantitative estimate of drug-likeness (QED) is 0.270. The molecular weight excluding hydrogens is 616 g/mol. The van der Waals surface area contributed by atoms with Crippen LogP contribution in [0.5, 0.6) is 17.2 Å². The molecule has 10 nitrogen and oxygen atoms in total. The van der Waals surface area contributed by atoms with Gasteiger partial charge in [-0.25, -0.2) is 12.7 Å². The summed E-state index contributed by atoms with van der Waals surface area (Å²) in [4.78, 5) is 23.8. The first kappa shape index (κ1) is 29.4. The van der Waals surface area contributed by atoms with Crippen molar-refractivity contribution in [1.29, 1.82) is 0 Å². The first-order chi connectivity index (χ1) is 21.7. The average Bonchev–Trinajstić information content (AvgIpc) is 3.75. The number of carbonyl (C=O) groups is 1. The number of ether oxygens (including phenoxy) is 3. The predicted octanol–water partition coefficient (Wildman–Crippen LogP) is 4.70. The molecule has 1 amide bonds. The molecule has 3 atom stereocenters. The number of anilines is 2. The molecule has 4 aromatic rings. The van der Waals surface area contributed by atoms with Gasteiger partial charge in [-0.05, 0) is 55.0 Å². The fraction of sp³-hybridized carbons (Fsp3) is 0.273. The number of benzene rings is 3. The van der Waals surface area contributed by atoms with Gasteiger partial charge in [0, 0.05) is 65.5 Å². The molecule has 0 N–H and O–H groups in total. The zero-order valence-electron chi connectivity index (χ0n) is 24.9. The summed E-state index contributed by atoms with van der Waals surface area (Å²) >= 11 is 6.63. The van der Waals surface area contributed by atoms with Gasteiger partial charge >= 0.3 is 0 Å². The molecule has 12 heteroatoms. The molecule has 2 bridgehead atoms. The normalized spacial score (nSPS) is 22.5. The molecule has 0 aliphatic carbocycles. The molecule has 7 rings (SSSR count). The maximum atomic E-state index is 15.3. The molecule has 45 heavy (non-hydrogen) atoms. The number of piperazine rings is 1. The van der Waals surface area contributed by atoms with Crippen LogP contribution in [0.1, 0.15) is 17.5 Å². The Balaban J connectivity index is 1.44. The summed E-state index contributed by atoms with van der Waals surface area (Å²) in [6.07, 6.45) is 4.33. The highest BCUT2D eigenvalue weighted by Crippen LogP contribution is 2.56. The molecule has 3 aromatic carbocycles. The Morgan fingerprint density at radius 1 is 0.844 bits per heavy atom. The standard InChI is InChI=1S/C33H31ClN4O6S/c1-42-25-9-11-31(30(18-25)44-3)45(40,41)38-28-10-8-21(34)16-27(28)33(32(38)39,26-6-4-5-7-29(26)43-2)37-20-23-17-24(37)19-36(23)22-12-14-35-15-13-22/h4-16,18,23-24H,17,19-20H2,1-3H3/t23-,24-,33?/m1/s1. The van der Waals surface area contributed by atoms with Gasteiger partial charge in [0.2, 0.25) is 0 Å². The summed E-state index contributed by atoms with van der Waals surface area (Å²) < 4.78 is 46.8. The van der Waals surface area contributed by atoms with Crippen molar-refractivity contribution in [2.45, 2.75) is 28.9 Å². The number of rotatable bonds is 8. The Labute approximate surface area is 266 Å². The molecule has 2 fully saturated rings. The third-order valence-electron chi connectivity index (χ3n) is 9.11. The lowest BCUT2D eigenvalue weighted by Gasteiger charge is -2.45. The van der Waals surface area contributed by atoms with Crippen LogP contribution in [0.15, 0.2) is 90.1 Å². The van der Waals surface area contributed by atoms with Gasteiger partial charge in [-0.2, -0.15) is 0 Å². The zero-order chi connectivity index (χ0) is 31.5.